The van der Waals surface area contributed by atoms with Crippen molar-refractivity contribution in [2.75, 3.05) is 0 Å². The lowest BCUT2D eigenvalue weighted by Crippen LogP contribution is -2.08. The smallest absolute Gasteiger partial charge is 0.110 e. The molecule has 4 heteroatoms. The minimum atomic E-state index is -0.428. The van der Waals surface area contributed by atoms with Crippen LogP contribution in [0.1, 0.15) is 16.5 Å². The van der Waals surface area contributed by atoms with Crippen LogP contribution in [0.5, 0.6) is 0 Å². The molecule has 0 spiro atoms. The van der Waals surface area contributed by atoms with Gasteiger partial charge in [0.2, 0.25) is 0 Å². The number of alkyl halides is 1. The Kier molecular flexibility index (Phi) is 3.02. The van der Waals surface area contributed by atoms with Crippen LogP contribution in [-0.4, -0.2) is 10.9 Å². The van der Waals surface area contributed by atoms with E-state index in [9.17, 15) is 5.21 Å². The van der Waals surface area contributed by atoms with Crippen LogP contribution in [0.25, 0.3) is 0 Å². The fraction of sp³-hybridized carbons (Fsp3) is 0.0714. The average Bonchev–Trinajstić information content (AvgIpc) is 2.53. The standard InChI is InChI=1S/C14H10ClNOS/c15-13-9-5-1-3-7-11(9)18-12-8-4-2-6-10(12)14(13)16-17/h1-8,13,17H. The molecule has 0 amide bonds. The van der Waals surface area contributed by atoms with E-state index in [4.69, 9.17) is 11.6 Å². The molecule has 0 saturated heterocycles. The fourth-order valence-electron chi connectivity index (χ4n) is 2.06. The van der Waals surface area contributed by atoms with E-state index in [1.165, 1.54) is 0 Å². The number of fused-ring (bicyclic) bond motifs is 2. The van der Waals surface area contributed by atoms with E-state index in [1.807, 2.05) is 48.5 Å². The van der Waals surface area contributed by atoms with E-state index in [0.717, 1.165) is 20.9 Å². The highest BCUT2D eigenvalue weighted by Gasteiger charge is 2.26. The maximum Gasteiger partial charge on any atom is 0.110 e. The summed E-state index contributed by atoms with van der Waals surface area (Å²) in [7, 11) is 0. The lowest BCUT2D eigenvalue weighted by atomic mass is 10.0. The molecular weight excluding hydrogens is 266 g/mol. The summed E-state index contributed by atoms with van der Waals surface area (Å²) in [5, 5.41) is 12.2. The molecule has 0 fully saturated rings. The zero-order valence-corrected chi connectivity index (χ0v) is 10.9. The number of benzene rings is 2. The second-order valence-electron chi connectivity index (χ2n) is 3.98. The van der Waals surface area contributed by atoms with Crippen molar-refractivity contribution in [1.82, 2.24) is 0 Å². The summed E-state index contributed by atoms with van der Waals surface area (Å²) in [5.41, 5.74) is 2.37. The largest absolute Gasteiger partial charge is 0.411 e. The van der Waals surface area contributed by atoms with E-state index in [2.05, 4.69) is 5.16 Å². The molecule has 0 aliphatic carbocycles. The molecule has 90 valence electrons. The molecule has 2 aromatic rings. The molecule has 1 aliphatic heterocycles. The number of hydrogen-bond donors (Lipinski definition) is 1. The Morgan fingerprint density at radius 1 is 1.00 bits per heavy atom. The Balaban J connectivity index is 2.27. The molecule has 0 bridgehead atoms. The molecular formula is C14H10ClNOS. The van der Waals surface area contributed by atoms with Gasteiger partial charge >= 0.3 is 0 Å². The third-order valence-electron chi connectivity index (χ3n) is 2.92. The highest BCUT2D eigenvalue weighted by molar-refractivity contribution is 7.99. The van der Waals surface area contributed by atoms with Crippen molar-refractivity contribution in [3.8, 4) is 0 Å². The van der Waals surface area contributed by atoms with Crippen LogP contribution in [-0.2, 0) is 0 Å². The number of hydrogen-bond acceptors (Lipinski definition) is 3. The van der Waals surface area contributed by atoms with Crippen molar-refractivity contribution < 1.29 is 5.21 Å². The molecule has 1 N–H and O–H groups in total. The summed E-state index contributed by atoms with van der Waals surface area (Å²) in [6, 6.07) is 15.8. The van der Waals surface area contributed by atoms with Gasteiger partial charge in [0.1, 0.15) is 11.1 Å². The number of nitrogens with zero attached hydrogens (tertiary/aromatic N) is 1. The lowest BCUT2D eigenvalue weighted by Gasteiger charge is -2.10. The number of rotatable bonds is 0. The Labute approximate surface area is 114 Å². The van der Waals surface area contributed by atoms with Gasteiger partial charge in [0, 0.05) is 15.4 Å². The number of oxime groups is 1. The maximum atomic E-state index is 9.25. The summed E-state index contributed by atoms with van der Waals surface area (Å²) in [5.74, 6) is 0. The topological polar surface area (TPSA) is 32.6 Å². The van der Waals surface area contributed by atoms with E-state index < -0.39 is 5.38 Å². The van der Waals surface area contributed by atoms with Crippen molar-refractivity contribution in [2.45, 2.75) is 15.2 Å². The van der Waals surface area contributed by atoms with Crippen molar-refractivity contribution in [1.29, 1.82) is 0 Å². The van der Waals surface area contributed by atoms with Crippen LogP contribution >= 0.6 is 23.4 Å². The first kappa shape index (κ1) is 11.6. The highest BCUT2D eigenvalue weighted by Crippen LogP contribution is 2.42. The van der Waals surface area contributed by atoms with Crippen molar-refractivity contribution >= 4 is 29.1 Å². The molecule has 1 unspecified atom stereocenters. The molecule has 0 aromatic heterocycles. The number of halogens is 1. The first-order valence-corrected chi connectivity index (χ1v) is 6.79. The van der Waals surface area contributed by atoms with Gasteiger partial charge in [-0.1, -0.05) is 53.3 Å². The Morgan fingerprint density at radius 2 is 1.67 bits per heavy atom. The van der Waals surface area contributed by atoms with Crippen LogP contribution in [0.15, 0.2) is 63.5 Å². The van der Waals surface area contributed by atoms with Crippen LogP contribution in [0.2, 0.25) is 0 Å². The molecule has 0 saturated carbocycles. The monoisotopic (exact) mass is 275 g/mol. The van der Waals surface area contributed by atoms with E-state index in [-0.39, 0.29) is 0 Å². The van der Waals surface area contributed by atoms with E-state index in [0.29, 0.717) is 5.71 Å². The predicted octanol–water partition coefficient (Wildman–Crippen LogP) is 4.31. The molecule has 2 aromatic carbocycles. The third-order valence-corrected chi connectivity index (χ3v) is 4.53. The van der Waals surface area contributed by atoms with Crippen molar-refractivity contribution in [3.05, 3.63) is 59.7 Å². The van der Waals surface area contributed by atoms with Gasteiger partial charge < -0.3 is 5.21 Å². The summed E-state index contributed by atoms with van der Waals surface area (Å²) in [4.78, 5) is 2.16. The first-order chi connectivity index (χ1) is 8.81. The van der Waals surface area contributed by atoms with Crippen LogP contribution in [0.4, 0.5) is 0 Å². The van der Waals surface area contributed by atoms with Crippen molar-refractivity contribution in [2.24, 2.45) is 5.16 Å². The molecule has 1 heterocycles. The Bertz CT molecular complexity index is 627. The zero-order chi connectivity index (χ0) is 12.5. The summed E-state index contributed by atoms with van der Waals surface area (Å²) in [6.45, 7) is 0. The second-order valence-corrected chi connectivity index (χ2v) is 5.50. The fourth-order valence-corrected chi connectivity index (χ4v) is 3.59. The normalized spacial score (nSPS) is 20.1. The summed E-state index contributed by atoms with van der Waals surface area (Å²) < 4.78 is 0. The molecule has 3 rings (SSSR count). The van der Waals surface area contributed by atoms with E-state index in [1.54, 1.807) is 11.8 Å². The second kappa shape index (κ2) is 4.67. The van der Waals surface area contributed by atoms with Gasteiger partial charge in [-0.25, -0.2) is 0 Å². The molecule has 0 radical (unpaired) electrons. The van der Waals surface area contributed by atoms with Crippen LogP contribution < -0.4 is 0 Å². The van der Waals surface area contributed by atoms with Gasteiger partial charge in [-0.3, -0.25) is 0 Å². The predicted molar refractivity (Wildman–Crippen MR) is 73.9 cm³/mol. The maximum absolute atomic E-state index is 9.25. The van der Waals surface area contributed by atoms with E-state index >= 15 is 0 Å². The van der Waals surface area contributed by atoms with Crippen molar-refractivity contribution in [3.63, 3.8) is 0 Å². The Morgan fingerprint density at radius 3 is 2.44 bits per heavy atom. The minimum Gasteiger partial charge on any atom is -0.411 e. The zero-order valence-electron chi connectivity index (χ0n) is 9.38. The van der Waals surface area contributed by atoms with Crippen LogP contribution in [0, 0.1) is 0 Å². The average molecular weight is 276 g/mol. The van der Waals surface area contributed by atoms with Crippen LogP contribution in [0.3, 0.4) is 0 Å². The lowest BCUT2D eigenvalue weighted by molar-refractivity contribution is 0.318. The third kappa shape index (κ3) is 1.80. The summed E-state index contributed by atoms with van der Waals surface area (Å²) >= 11 is 8.09. The SMILES string of the molecule is ON=C1c2ccccc2Sc2ccccc2C1Cl. The highest BCUT2D eigenvalue weighted by atomic mass is 35.5. The molecule has 2 nitrogen and oxygen atoms in total. The van der Waals surface area contributed by atoms with Gasteiger partial charge in [-0.05, 0) is 17.7 Å². The van der Waals surface area contributed by atoms with Gasteiger partial charge in [0.15, 0.2) is 0 Å². The van der Waals surface area contributed by atoms with Gasteiger partial charge in [0.25, 0.3) is 0 Å². The molecule has 1 aliphatic rings. The quantitative estimate of drug-likeness (QED) is 0.441. The van der Waals surface area contributed by atoms with Gasteiger partial charge in [-0.2, -0.15) is 0 Å². The van der Waals surface area contributed by atoms with Gasteiger partial charge in [-0.15, -0.1) is 11.6 Å². The first-order valence-electron chi connectivity index (χ1n) is 5.53. The minimum absolute atomic E-state index is 0.428. The summed E-state index contributed by atoms with van der Waals surface area (Å²) in [6.07, 6.45) is 0. The van der Waals surface area contributed by atoms with Gasteiger partial charge in [0.05, 0.1) is 0 Å². The molecule has 1 atom stereocenters. The Hall–Kier alpha value is -1.45. The molecule has 18 heavy (non-hydrogen) atoms.